The first-order valence-corrected chi connectivity index (χ1v) is 4.56. The van der Waals surface area contributed by atoms with E-state index >= 15 is 0 Å². The fourth-order valence-electron chi connectivity index (χ4n) is 1.06. The molecular formula is C10H13N3O. The van der Waals surface area contributed by atoms with E-state index in [4.69, 9.17) is 0 Å². The summed E-state index contributed by atoms with van der Waals surface area (Å²) in [4.78, 5) is 19.1. The van der Waals surface area contributed by atoms with E-state index in [1.54, 1.807) is 19.3 Å². The van der Waals surface area contributed by atoms with Gasteiger partial charge in [-0.05, 0) is 12.1 Å². The van der Waals surface area contributed by atoms with Crippen molar-refractivity contribution in [1.29, 1.82) is 0 Å². The van der Waals surface area contributed by atoms with Gasteiger partial charge in [0.1, 0.15) is 5.52 Å². The van der Waals surface area contributed by atoms with Gasteiger partial charge in [-0.2, -0.15) is 0 Å². The second-order valence-electron chi connectivity index (χ2n) is 2.50. The van der Waals surface area contributed by atoms with E-state index in [0.29, 0.717) is 5.65 Å². The van der Waals surface area contributed by atoms with E-state index in [1.165, 1.54) is 10.8 Å². The number of pyridine rings is 1. The third kappa shape index (κ3) is 1.79. The average Bonchev–Trinajstić information content (AvgIpc) is 2.27. The molecule has 0 atom stereocenters. The van der Waals surface area contributed by atoms with Crippen LogP contribution in [0, 0.1) is 0 Å². The van der Waals surface area contributed by atoms with Gasteiger partial charge in [0.05, 0.1) is 6.20 Å². The Kier molecular flexibility index (Phi) is 3.34. The van der Waals surface area contributed by atoms with Crippen molar-refractivity contribution in [2.24, 2.45) is 7.05 Å². The van der Waals surface area contributed by atoms with E-state index in [1.807, 2.05) is 19.9 Å². The Hall–Kier alpha value is -1.71. The van der Waals surface area contributed by atoms with Gasteiger partial charge in [-0.15, -0.1) is 0 Å². The van der Waals surface area contributed by atoms with Crippen molar-refractivity contribution in [3.8, 4) is 0 Å². The molecule has 0 amide bonds. The van der Waals surface area contributed by atoms with Crippen LogP contribution in [0.4, 0.5) is 0 Å². The third-order valence-corrected chi connectivity index (χ3v) is 1.73. The molecule has 0 fully saturated rings. The second kappa shape index (κ2) is 4.50. The summed E-state index contributed by atoms with van der Waals surface area (Å²) < 4.78 is 1.47. The summed E-state index contributed by atoms with van der Waals surface area (Å²) in [5.41, 5.74) is 1.21. The third-order valence-electron chi connectivity index (χ3n) is 1.73. The molecule has 2 aromatic heterocycles. The molecule has 0 bridgehead atoms. The Bertz CT molecular complexity index is 476. The molecule has 0 aliphatic carbocycles. The van der Waals surface area contributed by atoms with E-state index in [0.717, 1.165) is 5.52 Å². The lowest BCUT2D eigenvalue weighted by atomic mass is 10.4. The summed E-state index contributed by atoms with van der Waals surface area (Å²) in [5.74, 6) is 0. The first-order chi connectivity index (χ1) is 6.79. The zero-order chi connectivity index (χ0) is 10.6. The molecule has 0 saturated carbocycles. The quantitative estimate of drug-likeness (QED) is 0.631. The van der Waals surface area contributed by atoms with Crippen molar-refractivity contribution in [3.63, 3.8) is 0 Å². The van der Waals surface area contributed by atoms with Crippen LogP contribution in [0.15, 0.2) is 29.3 Å². The lowest BCUT2D eigenvalue weighted by Crippen LogP contribution is -2.17. The fourth-order valence-corrected chi connectivity index (χ4v) is 1.06. The van der Waals surface area contributed by atoms with Crippen molar-refractivity contribution >= 4 is 11.2 Å². The Balaban J connectivity index is 0.000000461. The number of aryl methyl sites for hydroxylation is 1. The molecule has 14 heavy (non-hydrogen) atoms. The van der Waals surface area contributed by atoms with E-state index in [-0.39, 0.29) is 5.56 Å². The monoisotopic (exact) mass is 191 g/mol. The first kappa shape index (κ1) is 10.4. The molecule has 74 valence electrons. The minimum Gasteiger partial charge on any atom is -0.293 e. The highest BCUT2D eigenvalue weighted by Crippen LogP contribution is 2.01. The largest absolute Gasteiger partial charge is 0.293 e. The summed E-state index contributed by atoms with van der Waals surface area (Å²) >= 11 is 0. The molecule has 0 saturated heterocycles. The molecule has 0 unspecified atom stereocenters. The fraction of sp³-hybridized carbons (Fsp3) is 0.300. The van der Waals surface area contributed by atoms with E-state index < -0.39 is 0 Å². The highest BCUT2D eigenvalue weighted by atomic mass is 16.1. The minimum absolute atomic E-state index is 0.138. The van der Waals surface area contributed by atoms with Crippen LogP contribution in [0.25, 0.3) is 11.2 Å². The van der Waals surface area contributed by atoms with E-state index in [9.17, 15) is 4.79 Å². The molecule has 0 spiro atoms. The molecule has 4 heteroatoms. The van der Waals surface area contributed by atoms with Crippen molar-refractivity contribution in [2.45, 2.75) is 13.8 Å². The number of fused-ring (bicyclic) bond motifs is 1. The molecule has 2 rings (SSSR count). The van der Waals surface area contributed by atoms with E-state index in [2.05, 4.69) is 9.97 Å². The summed E-state index contributed by atoms with van der Waals surface area (Å²) in [7, 11) is 1.68. The van der Waals surface area contributed by atoms with Gasteiger partial charge in [-0.25, -0.2) is 9.97 Å². The van der Waals surface area contributed by atoms with Crippen LogP contribution in [-0.4, -0.2) is 14.5 Å². The van der Waals surface area contributed by atoms with Crippen LogP contribution in [-0.2, 0) is 7.05 Å². The predicted molar refractivity (Wildman–Crippen MR) is 56.1 cm³/mol. The van der Waals surface area contributed by atoms with Crippen molar-refractivity contribution in [3.05, 3.63) is 34.9 Å². The smallest absolute Gasteiger partial charge is 0.270 e. The standard InChI is InChI=1S/C8H7N3O.C2H6/c1-11-7(12)5-10-6-3-2-4-9-8(6)11;1-2/h2-5H,1H3;1-2H3. The van der Waals surface area contributed by atoms with Crippen LogP contribution in [0.2, 0.25) is 0 Å². The average molecular weight is 191 g/mol. The van der Waals surface area contributed by atoms with Crippen LogP contribution in [0.1, 0.15) is 13.8 Å². The summed E-state index contributed by atoms with van der Waals surface area (Å²) in [6, 6.07) is 3.61. The molecule has 0 radical (unpaired) electrons. The zero-order valence-corrected chi connectivity index (χ0v) is 8.56. The summed E-state index contributed by atoms with van der Waals surface area (Å²) in [6.07, 6.45) is 2.94. The number of rotatable bonds is 0. The lowest BCUT2D eigenvalue weighted by molar-refractivity contribution is 0.873. The van der Waals surface area contributed by atoms with Crippen molar-refractivity contribution in [1.82, 2.24) is 14.5 Å². The van der Waals surface area contributed by atoms with Gasteiger partial charge in [0.2, 0.25) is 0 Å². The van der Waals surface area contributed by atoms with Gasteiger partial charge < -0.3 is 0 Å². The van der Waals surface area contributed by atoms with Gasteiger partial charge in [-0.1, -0.05) is 13.8 Å². The molecule has 0 aromatic carbocycles. The SMILES string of the molecule is CC.Cn1c(=O)cnc2cccnc21. The minimum atomic E-state index is -0.138. The second-order valence-corrected chi connectivity index (χ2v) is 2.50. The predicted octanol–water partition coefficient (Wildman–Crippen LogP) is 1.35. The molecule has 2 heterocycles. The van der Waals surface area contributed by atoms with Gasteiger partial charge in [0.15, 0.2) is 5.65 Å². The first-order valence-electron chi connectivity index (χ1n) is 4.56. The van der Waals surface area contributed by atoms with Crippen LogP contribution >= 0.6 is 0 Å². The van der Waals surface area contributed by atoms with Crippen molar-refractivity contribution < 1.29 is 0 Å². The number of nitrogens with zero attached hydrogens (tertiary/aromatic N) is 3. The maximum absolute atomic E-state index is 11.1. The lowest BCUT2D eigenvalue weighted by Gasteiger charge is -1.99. The Labute approximate surface area is 82.2 Å². The summed E-state index contributed by atoms with van der Waals surface area (Å²) in [5, 5.41) is 0. The Morgan fingerprint density at radius 1 is 1.29 bits per heavy atom. The number of hydrogen-bond acceptors (Lipinski definition) is 3. The van der Waals surface area contributed by atoms with Gasteiger partial charge in [-0.3, -0.25) is 9.36 Å². The molecule has 0 aliphatic heterocycles. The molecule has 0 aliphatic rings. The Morgan fingerprint density at radius 3 is 2.71 bits per heavy atom. The number of aromatic nitrogens is 3. The van der Waals surface area contributed by atoms with Gasteiger partial charge >= 0.3 is 0 Å². The van der Waals surface area contributed by atoms with Gasteiger partial charge in [0.25, 0.3) is 5.56 Å². The maximum Gasteiger partial charge on any atom is 0.270 e. The van der Waals surface area contributed by atoms with Crippen LogP contribution < -0.4 is 5.56 Å². The highest BCUT2D eigenvalue weighted by molar-refractivity contribution is 5.68. The van der Waals surface area contributed by atoms with Gasteiger partial charge in [0, 0.05) is 13.2 Å². The Morgan fingerprint density at radius 2 is 2.00 bits per heavy atom. The molecular weight excluding hydrogens is 178 g/mol. The number of hydrogen-bond donors (Lipinski definition) is 0. The normalized spacial score (nSPS) is 9.36. The van der Waals surface area contributed by atoms with Crippen molar-refractivity contribution in [2.75, 3.05) is 0 Å². The summed E-state index contributed by atoms with van der Waals surface area (Å²) in [6.45, 7) is 4.00. The van der Waals surface area contributed by atoms with Crippen LogP contribution in [0.5, 0.6) is 0 Å². The topological polar surface area (TPSA) is 47.8 Å². The molecule has 2 aromatic rings. The maximum atomic E-state index is 11.1. The van der Waals surface area contributed by atoms with Crippen LogP contribution in [0.3, 0.4) is 0 Å². The molecule has 0 N–H and O–H groups in total. The zero-order valence-electron chi connectivity index (χ0n) is 8.56. The highest BCUT2D eigenvalue weighted by Gasteiger charge is 1.98. The molecule has 4 nitrogen and oxygen atoms in total.